The van der Waals surface area contributed by atoms with Crippen LogP contribution in [0.15, 0.2) is 35.5 Å². The second kappa shape index (κ2) is 13.6. The van der Waals surface area contributed by atoms with Crippen LogP contribution in [0.1, 0.15) is 121 Å². The van der Waals surface area contributed by atoms with Gasteiger partial charge in [0.1, 0.15) is 6.79 Å². The standard InChI is InChI=1S/C41H74O4Si2/c1-29(18-17-24-39(8,9)43-28-42-12)33-21-22-34-32-20-19-30-26-31(44-46(13,14)37(2,3)4)27-36(45-47(15,16)38(5,6)7)41(30,11)35(32)23-25-40(33,34)10/h17-20,29,31,33-36H,21-28H2,1-16H3/t29-,31?,33-,34+,35+,36?,40-,41+/m1/s1. The summed E-state index contributed by atoms with van der Waals surface area (Å²) in [5, 5.41) is 0.372. The summed E-state index contributed by atoms with van der Waals surface area (Å²) in [7, 11) is -2.23. The lowest BCUT2D eigenvalue weighted by Gasteiger charge is -2.59. The highest BCUT2D eigenvalue weighted by atomic mass is 28.4. The molecule has 270 valence electrons. The number of fused-ring (bicyclic) bond motifs is 5. The molecule has 0 aromatic rings. The molecule has 0 spiro atoms. The summed E-state index contributed by atoms with van der Waals surface area (Å²) < 4.78 is 25.8. The first kappa shape index (κ1) is 39.3. The molecule has 0 aliphatic heterocycles. The third-order valence-corrected chi connectivity index (χ3v) is 23.5. The highest BCUT2D eigenvalue weighted by molar-refractivity contribution is 6.74. The van der Waals surface area contributed by atoms with E-state index in [1.807, 2.05) is 0 Å². The van der Waals surface area contributed by atoms with E-state index in [-0.39, 0.29) is 33.3 Å². The molecule has 47 heavy (non-hydrogen) atoms. The predicted molar refractivity (Wildman–Crippen MR) is 205 cm³/mol. The molecule has 6 heteroatoms. The van der Waals surface area contributed by atoms with Crippen LogP contribution in [0.5, 0.6) is 0 Å². The van der Waals surface area contributed by atoms with Crippen molar-refractivity contribution in [3.63, 3.8) is 0 Å². The molecular formula is C41H74O4Si2. The second-order valence-electron chi connectivity index (χ2n) is 20.1. The molecule has 8 atom stereocenters. The summed E-state index contributed by atoms with van der Waals surface area (Å²) >= 11 is 0. The largest absolute Gasteiger partial charge is 0.414 e. The molecule has 3 fully saturated rings. The molecule has 0 N–H and O–H groups in total. The van der Waals surface area contributed by atoms with Crippen LogP contribution in [0, 0.1) is 34.5 Å². The summed E-state index contributed by atoms with van der Waals surface area (Å²) in [5.74, 6) is 2.49. The van der Waals surface area contributed by atoms with Gasteiger partial charge in [-0.1, -0.05) is 97.8 Å². The third-order valence-electron chi connectivity index (χ3n) is 14.4. The van der Waals surface area contributed by atoms with Crippen LogP contribution in [0.3, 0.4) is 0 Å². The summed E-state index contributed by atoms with van der Waals surface area (Å²) in [5.41, 5.74) is 3.50. The van der Waals surface area contributed by atoms with Crippen molar-refractivity contribution < 1.29 is 18.3 Å². The zero-order valence-corrected chi connectivity index (χ0v) is 35.6. The molecule has 0 heterocycles. The van der Waals surface area contributed by atoms with E-state index in [9.17, 15) is 0 Å². The molecule has 4 aliphatic carbocycles. The van der Waals surface area contributed by atoms with E-state index in [4.69, 9.17) is 18.3 Å². The van der Waals surface area contributed by atoms with Gasteiger partial charge in [0, 0.05) is 12.5 Å². The minimum Gasteiger partial charge on any atom is -0.414 e. The van der Waals surface area contributed by atoms with E-state index in [1.165, 1.54) is 25.7 Å². The van der Waals surface area contributed by atoms with Crippen molar-refractivity contribution in [1.29, 1.82) is 0 Å². The summed E-state index contributed by atoms with van der Waals surface area (Å²) in [6.07, 6.45) is 18.6. The maximum Gasteiger partial charge on any atom is 0.192 e. The number of hydrogen-bond donors (Lipinski definition) is 0. The van der Waals surface area contributed by atoms with Gasteiger partial charge in [-0.25, -0.2) is 0 Å². The highest BCUT2D eigenvalue weighted by Crippen LogP contribution is 2.67. The molecule has 0 radical (unpaired) electrons. The lowest BCUT2D eigenvalue weighted by atomic mass is 9.49. The van der Waals surface area contributed by atoms with Crippen LogP contribution in [0.4, 0.5) is 0 Å². The van der Waals surface area contributed by atoms with Crippen molar-refractivity contribution >= 4 is 16.6 Å². The maximum atomic E-state index is 7.57. The number of hydrogen-bond acceptors (Lipinski definition) is 4. The third kappa shape index (κ3) is 7.73. The number of ether oxygens (including phenoxy) is 2. The van der Waals surface area contributed by atoms with Gasteiger partial charge in [0.15, 0.2) is 16.6 Å². The van der Waals surface area contributed by atoms with Crippen LogP contribution in [0.25, 0.3) is 0 Å². The van der Waals surface area contributed by atoms with Gasteiger partial charge in [0.25, 0.3) is 0 Å². The smallest absolute Gasteiger partial charge is 0.192 e. The van der Waals surface area contributed by atoms with Crippen LogP contribution >= 0.6 is 0 Å². The average Bonchev–Trinajstić information content (AvgIpc) is 3.28. The first-order valence-corrected chi connectivity index (χ1v) is 24.8. The van der Waals surface area contributed by atoms with Crippen molar-refractivity contribution in [1.82, 2.24) is 0 Å². The lowest BCUT2D eigenvalue weighted by Crippen LogP contribution is -2.58. The molecular weight excluding hydrogens is 613 g/mol. The van der Waals surface area contributed by atoms with Crippen molar-refractivity contribution in [3.05, 3.63) is 35.5 Å². The van der Waals surface area contributed by atoms with Crippen LogP contribution in [0.2, 0.25) is 36.3 Å². The molecule has 4 aliphatic rings. The van der Waals surface area contributed by atoms with Gasteiger partial charge in [-0.05, 0) is 124 Å². The Morgan fingerprint density at radius 2 is 1.49 bits per heavy atom. The monoisotopic (exact) mass is 687 g/mol. The first-order valence-electron chi connectivity index (χ1n) is 19.0. The highest BCUT2D eigenvalue weighted by Gasteiger charge is 2.60. The minimum atomic E-state index is -2.01. The molecule has 0 saturated heterocycles. The fourth-order valence-corrected chi connectivity index (χ4v) is 12.0. The molecule has 0 aromatic heterocycles. The normalized spacial score (nSPS) is 34.4. The zero-order valence-electron chi connectivity index (χ0n) is 33.6. The number of methoxy groups -OCH3 is 1. The molecule has 0 bridgehead atoms. The Hall–Kier alpha value is -0.506. The van der Waals surface area contributed by atoms with Crippen molar-refractivity contribution in [2.24, 2.45) is 34.5 Å². The van der Waals surface area contributed by atoms with Gasteiger partial charge in [0.2, 0.25) is 0 Å². The Morgan fingerprint density at radius 3 is 2.09 bits per heavy atom. The van der Waals surface area contributed by atoms with E-state index in [0.29, 0.717) is 35.9 Å². The quantitative estimate of drug-likeness (QED) is 0.123. The van der Waals surface area contributed by atoms with Crippen LogP contribution in [-0.4, -0.2) is 48.3 Å². The van der Waals surface area contributed by atoms with E-state index in [2.05, 4.69) is 127 Å². The van der Waals surface area contributed by atoms with Crippen LogP contribution < -0.4 is 0 Å². The van der Waals surface area contributed by atoms with Gasteiger partial charge in [-0.3, -0.25) is 0 Å². The summed E-state index contributed by atoms with van der Waals surface area (Å²) in [6.45, 7) is 36.4. The Bertz CT molecular complexity index is 1200. The van der Waals surface area contributed by atoms with Crippen molar-refractivity contribution in [3.8, 4) is 0 Å². The Balaban J connectivity index is 1.63. The zero-order chi connectivity index (χ0) is 35.4. The van der Waals surface area contributed by atoms with Crippen LogP contribution in [-0.2, 0) is 18.3 Å². The molecule has 4 rings (SSSR count). The molecule has 4 nitrogen and oxygen atoms in total. The van der Waals surface area contributed by atoms with Gasteiger partial charge in [-0.2, -0.15) is 0 Å². The second-order valence-corrected chi connectivity index (χ2v) is 29.6. The van der Waals surface area contributed by atoms with Crippen molar-refractivity contribution in [2.75, 3.05) is 13.9 Å². The van der Waals surface area contributed by atoms with Gasteiger partial charge < -0.3 is 18.3 Å². The first-order chi connectivity index (χ1) is 21.4. The maximum absolute atomic E-state index is 7.57. The Labute approximate surface area is 293 Å². The van der Waals surface area contributed by atoms with E-state index in [0.717, 1.165) is 19.3 Å². The number of rotatable bonds is 11. The summed E-state index contributed by atoms with van der Waals surface area (Å²) in [4.78, 5) is 0. The van der Waals surface area contributed by atoms with E-state index >= 15 is 0 Å². The Kier molecular flexibility index (Phi) is 11.3. The van der Waals surface area contributed by atoms with Gasteiger partial charge in [0.05, 0.1) is 17.8 Å². The fourth-order valence-electron chi connectivity index (χ4n) is 9.27. The topological polar surface area (TPSA) is 36.9 Å². The predicted octanol–water partition coefficient (Wildman–Crippen LogP) is 11.9. The van der Waals surface area contributed by atoms with Gasteiger partial charge >= 0.3 is 0 Å². The molecule has 3 saturated carbocycles. The number of allylic oxidation sites excluding steroid dienone is 4. The molecule has 0 amide bonds. The van der Waals surface area contributed by atoms with E-state index < -0.39 is 16.6 Å². The van der Waals surface area contributed by atoms with E-state index in [1.54, 1.807) is 18.3 Å². The SMILES string of the molecule is COCOC(C)(C)CC=C[C@@H](C)[C@H]1CC[C@H]2C3=CC=C4CC(O[Si](C)(C)C(C)(C)C)CC(O[Si](C)(C)C(C)(C)C)[C@]4(C)[C@H]3CC[C@]12C. The average molecular weight is 687 g/mol. The molecule has 0 aromatic carbocycles. The molecule has 2 unspecified atom stereocenters. The lowest BCUT2D eigenvalue weighted by molar-refractivity contribution is -0.112. The fraction of sp³-hybridized carbons (Fsp3) is 0.854. The Morgan fingerprint density at radius 1 is 0.872 bits per heavy atom. The minimum absolute atomic E-state index is 0.0333. The van der Waals surface area contributed by atoms with Gasteiger partial charge in [-0.15, -0.1) is 0 Å². The van der Waals surface area contributed by atoms with Crippen molar-refractivity contribution in [2.45, 2.75) is 175 Å². The summed E-state index contributed by atoms with van der Waals surface area (Å²) in [6, 6.07) is 0.